The second-order valence-electron chi connectivity index (χ2n) is 3.71. The lowest BCUT2D eigenvalue weighted by Gasteiger charge is -2.01. The van der Waals surface area contributed by atoms with E-state index in [4.69, 9.17) is 0 Å². The highest BCUT2D eigenvalue weighted by atomic mass is 79.9. The van der Waals surface area contributed by atoms with Crippen molar-refractivity contribution in [1.82, 2.24) is 0 Å². The van der Waals surface area contributed by atoms with Gasteiger partial charge in [-0.2, -0.15) is 0 Å². The van der Waals surface area contributed by atoms with Crippen LogP contribution in [-0.2, 0) is 17.6 Å². The molecule has 0 aliphatic heterocycles. The Morgan fingerprint density at radius 1 is 1.29 bits per heavy atom. The Hall–Kier alpha value is -1.00. The Kier molecular flexibility index (Phi) is 4.07. The molecule has 2 rings (SSSR count). The molecule has 1 aromatic heterocycles. The van der Waals surface area contributed by atoms with Crippen LogP contribution in [0.3, 0.4) is 0 Å². The van der Waals surface area contributed by atoms with Gasteiger partial charge in [-0.3, -0.25) is 4.79 Å². The lowest BCUT2D eigenvalue weighted by Crippen LogP contribution is -2.06. The number of hydrogen-bond donors (Lipinski definition) is 0. The topological polar surface area (TPSA) is 17.1 Å². The Balaban J connectivity index is 2.01. The van der Waals surface area contributed by atoms with Crippen LogP contribution in [0.4, 0.5) is 4.39 Å². The first-order chi connectivity index (χ1) is 8.15. The number of halogens is 2. The number of hydrogen-bond acceptors (Lipinski definition) is 2. The van der Waals surface area contributed by atoms with Crippen LogP contribution in [0.1, 0.15) is 10.4 Å². The third-order valence-electron chi connectivity index (χ3n) is 2.34. The maximum Gasteiger partial charge on any atom is 0.142 e. The van der Waals surface area contributed by atoms with Gasteiger partial charge in [-0.15, -0.1) is 11.3 Å². The molecule has 1 nitrogen and oxygen atoms in total. The van der Waals surface area contributed by atoms with E-state index < -0.39 is 0 Å². The minimum absolute atomic E-state index is 0.0319. The van der Waals surface area contributed by atoms with Crippen LogP contribution in [0.5, 0.6) is 0 Å². The smallest absolute Gasteiger partial charge is 0.142 e. The molecule has 4 heteroatoms. The molecule has 0 saturated heterocycles. The molecule has 0 aliphatic rings. The van der Waals surface area contributed by atoms with E-state index in [9.17, 15) is 9.18 Å². The summed E-state index contributed by atoms with van der Waals surface area (Å²) in [4.78, 5) is 12.8. The summed E-state index contributed by atoms with van der Waals surface area (Å²) in [7, 11) is 0. The van der Waals surface area contributed by atoms with Gasteiger partial charge < -0.3 is 0 Å². The third kappa shape index (κ3) is 3.48. The van der Waals surface area contributed by atoms with Crippen molar-refractivity contribution in [3.63, 3.8) is 0 Å². The van der Waals surface area contributed by atoms with Gasteiger partial charge in [0.15, 0.2) is 0 Å². The molecule has 0 fully saturated rings. The molecular formula is C13H10BrFOS. The van der Waals surface area contributed by atoms with Crippen LogP contribution < -0.4 is 0 Å². The molecular weight excluding hydrogens is 303 g/mol. The minimum atomic E-state index is -0.312. The summed E-state index contributed by atoms with van der Waals surface area (Å²) in [5.74, 6) is -0.280. The van der Waals surface area contributed by atoms with Crippen molar-refractivity contribution in [1.29, 1.82) is 0 Å². The summed E-state index contributed by atoms with van der Waals surface area (Å²) in [6.07, 6.45) is 0.521. The van der Waals surface area contributed by atoms with E-state index in [0.717, 1.165) is 9.35 Å². The highest BCUT2D eigenvalue weighted by molar-refractivity contribution is 9.10. The number of carbonyl (C=O) groups is 1. The van der Waals surface area contributed by atoms with Crippen LogP contribution in [0, 0.1) is 5.82 Å². The lowest BCUT2D eigenvalue weighted by molar-refractivity contribution is -0.117. The maximum absolute atomic E-state index is 13.3. The molecule has 1 heterocycles. The molecule has 0 amide bonds. The number of carbonyl (C=O) groups excluding carboxylic acids is 1. The van der Waals surface area contributed by atoms with Crippen molar-refractivity contribution in [2.75, 3.05) is 0 Å². The van der Waals surface area contributed by atoms with Crippen molar-refractivity contribution in [2.45, 2.75) is 12.8 Å². The first-order valence-corrected chi connectivity index (χ1v) is 6.80. The Bertz CT molecular complexity index is 536. The van der Waals surface area contributed by atoms with E-state index in [1.54, 1.807) is 18.2 Å². The van der Waals surface area contributed by atoms with Crippen LogP contribution >= 0.6 is 27.3 Å². The van der Waals surface area contributed by atoms with Crippen LogP contribution in [-0.4, -0.2) is 5.78 Å². The molecule has 0 radical (unpaired) electrons. The summed E-state index contributed by atoms with van der Waals surface area (Å²) >= 11 is 4.87. The van der Waals surface area contributed by atoms with E-state index in [0.29, 0.717) is 12.0 Å². The second-order valence-corrected chi connectivity index (χ2v) is 5.63. The predicted molar refractivity (Wildman–Crippen MR) is 70.8 cm³/mol. The Morgan fingerprint density at radius 3 is 2.71 bits per heavy atom. The zero-order valence-corrected chi connectivity index (χ0v) is 11.4. The largest absolute Gasteiger partial charge is 0.299 e. The molecule has 1 aromatic carbocycles. The SMILES string of the molecule is O=C(Cc1cc(Br)cs1)Cc1ccccc1F. The van der Waals surface area contributed by atoms with Crippen LogP contribution in [0.2, 0.25) is 0 Å². The fraction of sp³-hybridized carbons (Fsp3) is 0.154. The van der Waals surface area contributed by atoms with Gasteiger partial charge in [0.25, 0.3) is 0 Å². The van der Waals surface area contributed by atoms with Crippen molar-refractivity contribution < 1.29 is 9.18 Å². The maximum atomic E-state index is 13.3. The molecule has 0 unspecified atom stereocenters. The average Bonchev–Trinajstić information content (AvgIpc) is 2.67. The molecule has 17 heavy (non-hydrogen) atoms. The average molecular weight is 313 g/mol. The first kappa shape index (κ1) is 12.5. The summed E-state index contributed by atoms with van der Waals surface area (Å²) in [6, 6.07) is 8.32. The zero-order valence-electron chi connectivity index (χ0n) is 8.95. The molecule has 0 atom stereocenters. The van der Waals surface area contributed by atoms with E-state index in [2.05, 4.69) is 15.9 Å². The first-order valence-electron chi connectivity index (χ1n) is 5.13. The lowest BCUT2D eigenvalue weighted by atomic mass is 10.1. The van der Waals surface area contributed by atoms with Crippen LogP contribution in [0.25, 0.3) is 0 Å². The van der Waals surface area contributed by atoms with Crippen molar-refractivity contribution in [3.05, 3.63) is 56.4 Å². The Morgan fingerprint density at radius 2 is 2.06 bits per heavy atom. The molecule has 0 bridgehead atoms. The third-order valence-corrected chi connectivity index (χ3v) is 4.04. The predicted octanol–water partition coefficient (Wildman–Crippen LogP) is 4.00. The summed E-state index contributed by atoms with van der Waals surface area (Å²) in [5.41, 5.74) is 0.466. The second kappa shape index (κ2) is 5.56. The minimum Gasteiger partial charge on any atom is -0.299 e. The van der Waals surface area contributed by atoms with Crippen LogP contribution in [0.15, 0.2) is 40.2 Å². The molecule has 0 saturated carbocycles. The number of benzene rings is 1. The van der Waals surface area contributed by atoms with Crippen molar-refractivity contribution in [3.8, 4) is 0 Å². The van der Waals surface area contributed by atoms with Gasteiger partial charge in [-0.1, -0.05) is 18.2 Å². The number of ketones is 1. The van der Waals surface area contributed by atoms with Gasteiger partial charge in [-0.05, 0) is 33.6 Å². The number of thiophene rings is 1. The number of Topliss-reactive ketones (excluding diaryl/α,β-unsaturated/α-hetero) is 1. The zero-order chi connectivity index (χ0) is 12.3. The van der Waals surface area contributed by atoms with E-state index in [1.807, 2.05) is 11.4 Å². The molecule has 2 aromatic rings. The van der Waals surface area contributed by atoms with E-state index >= 15 is 0 Å². The number of rotatable bonds is 4. The molecule has 0 N–H and O–H groups in total. The molecule has 88 valence electrons. The van der Waals surface area contributed by atoms with E-state index in [1.165, 1.54) is 17.4 Å². The van der Waals surface area contributed by atoms with Gasteiger partial charge in [-0.25, -0.2) is 4.39 Å². The Labute approximate surface area is 111 Å². The van der Waals surface area contributed by atoms with Crippen molar-refractivity contribution in [2.24, 2.45) is 0 Å². The van der Waals surface area contributed by atoms with Gasteiger partial charge in [0.1, 0.15) is 11.6 Å². The highest BCUT2D eigenvalue weighted by Crippen LogP contribution is 2.20. The molecule has 0 spiro atoms. The highest BCUT2D eigenvalue weighted by Gasteiger charge is 2.09. The van der Waals surface area contributed by atoms with Crippen molar-refractivity contribution >= 4 is 33.0 Å². The summed E-state index contributed by atoms with van der Waals surface area (Å²) < 4.78 is 14.3. The standard InChI is InChI=1S/C13H10BrFOS/c14-10-6-12(17-8-10)7-11(16)5-9-3-1-2-4-13(9)15/h1-4,6,8H,5,7H2. The van der Waals surface area contributed by atoms with Gasteiger partial charge in [0, 0.05) is 27.6 Å². The van der Waals surface area contributed by atoms with Gasteiger partial charge in [0.05, 0.1) is 0 Å². The monoisotopic (exact) mass is 312 g/mol. The van der Waals surface area contributed by atoms with Gasteiger partial charge in [0.2, 0.25) is 0 Å². The van der Waals surface area contributed by atoms with Gasteiger partial charge >= 0.3 is 0 Å². The normalized spacial score (nSPS) is 10.5. The quantitative estimate of drug-likeness (QED) is 0.834. The fourth-order valence-electron chi connectivity index (χ4n) is 1.56. The van der Waals surface area contributed by atoms with E-state index in [-0.39, 0.29) is 18.0 Å². The summed E-state index contributed by atoms with van der Waals surface area (Å²) in [5, 5.41) is 1.94. The summed E-state index contributed by atoms with van der Waals surface area (Å²) in [6.45, 7) is 0. The fourth-order valence-corrected chi connectivity index (χ4v) is 3.04. The molecule has 0 aliphatic carbocycles.